The van der Waals surface area contributed by atoms with Gasteiger partial charge in [-0.25, -0.2) is 9.18 Å². The first-order valence-corrected chi connectivity index (χ1v) is 7.52. The van der Waals surface area contributed by atoms with Crippen LogP contribution in [0.1, 0.15) is 6.42 Å². The molecule has 20 heavy (non-hydrogen) atoms. The molecule has 1 aromatic rings. The molecule has 1 atom stereocenters. The van der Waals surface area contributed by atoms with Gasteiger partial charge in [0.2, 0.25) is 5.91 Å². The van der Waals surface area contributed by atoms with E-state index in [0.717, 1.165) is 6.07 Å². The highest BCUT2D eigenvalue weighted by Crippen LogP contribution is 2.19. The van der Waals surface area contributed by atoms with Gasteiger partial charge in [-0.15, -0.1) is 0 Å². The van der Waals surface area contributed by atoms with Gasteiger partial charge in [0.05, 0.1) is 5.02 Å². The lowest BCUT2D eigenvalue weighted by Crippen LogP contribution is -2.46. The number of thioether (sulfide) groups is 1. The maximum atomic E-state index is 13.0. The molecule has 4 N–H and O–H groups in total. The van der Waals surface area contributed by atoms with Crippen LogP contribution in [0.2, 0.25) is 5.02 Å². The number of hydrogen-bond acceptors (Lipinski definition) is 3. The van der Waals surface area contributed by atoms with Crippen molar-refractivity contribution in [3.05, 3.63) is 29.0 Å². The fraction of sp³-hybridized carbons (Fsp3) is 0.333. The first-order chi connectivity index (χ1) is 9.43. The van der Waals surface area contributed by atoms with E-state index < -0.39 is 23.8 Å². The van der Waals surface area contributed by atoms with Crippen LogP contribution in [0, 0.1) is 5.82 Å². The van der Waals surface area contributed by atoms with E-state index >= 15 is 0 Å². The molecule has 5 nitrogen and oxygen atoms in total. The summed E-state index contributed by atoms with van der Waals surface area (Å²) in [6, 6.07) is 2.31. The fourth-order valence-corrected chi connectivity index (χ4v) is 2.13. The van der Waals surface area contributed by atoms with Gasteiger partial charge in [-0.1, -0.05) is 11.6 Å². The normalized spacial score (nSPS) is 11.8. The highest BCUT2D eigenvalue weighted by atomic mass is 35.5. The minimum Gasteiger partial charge on any atom is -0.352 e. The second kappa shape index (κ2) is 7.96. The minimum atomic E-state index is -0.775. The summed E-state index contributed by atoms with van der Waals surface area (Å²) >= 11 is 7.17. The number of nitrogens with two attached hydrogens (primary N) is 1. The lowest BCUT2D eigenvalue weighted by Gasteiger charge is -2.17. The topological polar surface area (TPSA) is 84.2 Å². The van der Waals surface area contributed by atoms with Gasteiger partial charge >= 0.3 is 6.03 Å². The molecule has 0 aliphatic heterocycles. The van der Waals surface area contributed by atoms with Crippen molar-refractivity contribution in [3.63, 3.8) is 0 Å². The van der Waals surface area contributed by atoms with Crippen LogP contribution in [0.5, 0.6) is 0 Å². The smallest absolute Gasteiger partial charge is 0.312 e. The monoisotopic (exact) mass is 319 g/mol. The van der Waals surface area contributed by atoms with Gasteiger partial charge in [-0.2, -0.15) is 11.8 Å². The average molecular weight is 320 g/mol. The molecule has 0 heterocycles. The minimum absolute atomic E-state index is 0.0914. The van der Waals surface area contributed by atoms with E-state index in [1.807, 2.05) is 6.26 Å². The zero-order valence-electron chi connectivity index (χ0n) is 10.8. The first-order valence-electron chi connectivity index (χ1n) is 5.75. The highest BCUT2D eigenvalue weighted by molar-refractivity contribution is 7.98. The number of rotatable bonds is 6. The third kappa shape index (κ3) is 5.26. The molecule has 0 bridgehead atoms. The summed E-state index contributed by atoms with van der Waals surface area (Å²) in [5.41, 5.74) is 5.38. The van der Waals surface area contributed by atoms with Crippen LogP contribution in [0.25, 0.3) is 0 Å². The molecule has 0 saturated heterocycles. The Labute approximate surface area is 125 Å². The molecule has 1 aromatic carbocycles. The van der Waals surface area contributed by atoms with Crippen molar-refractivity contribution >= 4 is 41.0 Å². The quantitative estimate of drug-likeness (QED) is 0.751. The predicted octanol–water partition coefficient (Wildman–Crippen LogP) is 2.21. The molecule has 0 fully saturated rings. The van der Waals surface area contributed by atoms with Gasteiger partial charge in [0, 0.05) is 5.69 Å². The molecule has 110 valence electrons. The van der Waals surface area contributed by atoms with E-state index in [4.69, 9.17) is 17.3 Å². The van der Waals surface area contributed by atoms with Crippen LogP contribution in [-0.4, -0.2) is 30.0 Å². The number of carbonyl (C=O) groups is 2. The second-order valence-electron chi connectivity index (χ2n) is 3.96. The van der Waals surface area contributed by atoms with Crippen molar-refractivity contribution < 1.29 is 14.0 Å². The summed E-state index contributed by atoms with van der Waals surface area (Å²) < 4.78 is 13.0. The van der Waals surface area contributed by atoms with Crippen molar-refractivity contribution in [1.29, 1.82) is 0 Å². The molecule has 0 saturated carbocycles. The Balaban J connectivity index is 2.73. The zero-order valence-corrected chi connectivity index (χ0v) is 12.4. The maximum Gasteiger partial charge on any atom is 0.312 e. The van der Waals surface area contributed by atoms with Gasteiger partial charge in [0.15, 0.2) is 0 Å². The Kier molecular flexibility index (Phi) is 6.60. The van der Waals surface area contributed by atoms with Crippen molar-refractivity contribution in [2.75, 3.05) is 17.3 Å². The summed E-state index contributed by atoms with van der Waals surface area (Å²) in [4.78, 5) is 22.9. The van der Waals surface area contributed by atoms with Crippen LogP contribution in [0.4, 0.5) is 14.9 Å². The fourth-order valence-electron chi connectivity index (χ4n) is 1.48. The number of halogens is 2. The number of benzene rings is 1. The SMILES string of the molecule is CSCCC(NC(N)=O)C(=O)Nc1ccc(F)c(Cl)c1. The number of nitrogens with one attached hydrogen (secondary N) is 2. The van der Waals surface area contributed by atoms with E-state index in [2.05, 4.69) is 10.6 Å². The Bertz CT molecular complexity index is 502. The van der Waals surface area contributed by atoms with Gasteiger partial charge in [0.25, 0.3) is 0 Å². The summed E-state index contributed by atoms with van der Waals surface area (Å²) in [6.45, 7) is 0. The number of anilines is 1. The Morgan fingerprint density at radius 1 is 1.50 bits per heavy atom. The van der Waals surface area contributed by atoms with Crippen LogP contribution >= 0.6 is 23.4 Å². The Morgan fingerprint density at radius 3 is 2.75 bits per heavy atom. The molecule has 0 aliphatic carbocycles. The average Bonchev–Trinajstić information content (AvgIpc) is 2.38. The van der Waals surface area contributed by atoms with Gasteiger partial charge in [-0.05, 0) is 36.6 Å². The molecule has 0 aromatic heterocycles. The van der Waals surface area contributed by atoms with Crippen LogP contribution in [-0.2, 0) is 4.79 Å². The Hall–Kier alpha value is -1.47. The van der Waals surface area contributed by atoms with Crippen LogP contribution in [0.3, 0.4) is 0 Å². The molecule has 1 rings (SSSR count). The summed E-state index contributed by atoms with van der Waals surface area (Å²) in [5.74, 6) is -0.317. The van der Waals surface area contributed by atoms with Crippen molar-refractivity contribution in [2.45, 2.75) is 12.5 Å². The molecule has 8 heteroatoms. The first kappa shape index (κ1) is 16.6. The van der Waals surface area contributed by atoms with Gasteiger partial charge < -0.3 is 16.4 Å². The van der Waals surface area contributed by atoms with Crippen LogP contribution < -0.4 is 16.4 Å². The van der Waals surface area contributed by atoms with Crippen LogP contribution in [0.15, 0.2) is 18.2 Å². The van der Waals surface area contributed by atoms with Crippen molar-refractivity contribution in [1.82, 2.24) is 5.32 Å². The molecular formula is C12H15ClFN3O2S. The molecule has 1 unspecified atom stereocenters. The van der Waals surface area contributed by atoms with E-state index in [0.29, 0.717) is 17.9 Å². The highest BCUT2D eigenvalue weighted by Gasteiger charge is 2.19. The number of urea groups is 1. The summed E-state index contributed by atoms with van der Waals surface area (Å²) in [5, 5.41) is 4.83. The van der Waals surface area contributed by atoms with Crippen molar-refractivity contribution in [3.8, 4) is 0 Å². The largest absolute Gasteiger partial charge is 0.352 e. The van der Waals surface area contributed by atoms with E-state index in [-0.39, 0.29) is 5.02 Å². The summed E-state index contributed by atoms with van der Waals surface area (Å²) in [7, 11) is 0. The van der Waals surface area contributed by atoms with Crippen molar-refractivity contribution in [2.24, 2.45) is 5.73 Å². The predicted molar refractivity (Wildman–Crippen MR) is 79.5 cm³/mol. The molecule has 0 aliphatic rings. The third-order valence-electron chi connectivity index (χ3n) is 2.43. The summed E-state index contributed by atoms with van der Waals surface area (Å²) in [6.07, 6.45) is 2.32. The van der Waals surface area contributed by atoms with E-state index in [9.17, 15) is 14.0 Å². The number of carbonyl (C=O) groups excluding carboxylic acids is 2. The van der Waals surface area contributed by atoms with E-state index in [1.165, 1.54) is 12.1 Å². The number of amides is 3. The van der Waals surface area contributed by atoms with Gasteiger partial charge in [-0.3, -0.25) is 4.79 Å². The molecule has 0 spiro atoms. The molecular weight excluding hydrogens is 305 g/mol. The second-order valence-corrected chi connectivity index (χ2v) is 5.35. The number of hydrogen-bond donors (Lipinski definition) is 3. The van der Waals surface area contributed by atoms with Gasteiger partial charge in [0.1, 0.15) is 11.9 Å². The maximum absolute atomic E-state index is 13.0. The number of primary amides is 1. The standard InChI is InChI=1S/C12H15ClFN3O2S/c1-20-5-4-10(17-12(15)19)11(18)16-7-2-3-9(14)8(13)6-7/h2-3,6,10H,4-5H2,1H3,(H,16,18)(H3,15,17,19). The lowest BCUT2D eigenvalue weighted by atomic mass is 10.2. The Morgan fingerprint density at radius 2 is 2.20 bits per heavy atom. The zero-order chi connectivity index (χ0) is 15.1. The molecule has 3 amide bonds. The third-order valence-corrected chi connectivity index (χ3v) is 3.36. The van der Waals surface area contributed by atoms with E-state index in [1.54, 1.807) is 11.8 Å². The lowest BCUT2D eigenvalue weighted by molar-refractivity contribution is -0.117. The molecule has 0 radical (unpaired) electrons.